The summed E-state index contributed by atoms with van der Waals surface area (Å²) in [7, 11) is 0. The molecule has 0 unspecified atom stereocenters. The number of imidazole rings is 1. The van der Waals surface area contributed by atoms with Gasteiger partial charge in [0.2, 0.25) is 11.8 Å². The first kappa shape index (κ1) is 25.0. The van der Waals surface area contributed by atoms with Crippen molar-refractivity contribution in [2.24, 2.45) is 23.0 Å². The first-order valence-electron chi connectivity index (χ1n) is 14.8. The van der Waals surface area contributed by atoms with E-state index in [1.807, 2.05) is 0 Å². The molecule has 5 fully saturated rings. The maximum Gasteiger partial charge on any atom is 0.411 e. The van der Waals surface area contributed by atoms with Gasteiger partial charge in [0.1, 0.15) is 5.52 Å². The summed E-state index contributed by atoms with van der Waals surface area (Å²) in [6.45, 7) is 5.11. The molecule has 1 atom stereocenters. The molecule has 5 aliphatic rings. The smallest absolute Gasteiger partial charge is 0.388 e. The summed E-state index contributed by atoms with van der Waals surface area (Å²) in [6.07, 6.45) is 12.8. The normalized spacial score (nSPS) is 25.9. The molecule has 3 heterocycles. The third kappa shape index (κ3) is 4.62. The van der Waals surface area contributed by atoms with Gasteiger partial charge in [0, 0.05) is 18.6 Å². The van der Waals surface area contributed by atoms with Gasteiger partial charge in [0.15, 0.2) is 11.5 Å². The number of primary amides is 1. The van der Waals surface area contributed by atoms with Gasteiger partial charge in [-0.15, -0.1) is 0 Å². The van der Waals surface area contributed by atoms with E-state index in [1.165, 1.54) is 57.8 Å². The van der Waals surface area contributed by atoms with Crippen molar-refractivity contribution < 1.29 is 14.3 Å². The number of anilines is 2. The molecule has 11 nitrogen and oxygen atoms in total. The lowest BCUT2D eigenvalue weighted by Gasteiger charge is -2.36. The van der Waals surface area contributed by atoms with Crippen LogP contribution >= 0.6 is 0 Å². The average molecular weight is 537 g/mol. The molecule has 1 aliphatic heterocycles. The lowest BCUT2D eigenvalue weighted by atomic mass is 9.78. The van der Waals surface area contributed by atoms with Crippen molar-refractivity contribution in [3.63, 3.8) is 0 Å². The number of rotatable bonds is 7. The summed E-state index contributed by atoms with van der Waals surface area (Å²) in [4.78, 5) is 28.3. The molecule has 0 bridgehead atoms. The Morgan fingerprint density at radius 3 is 2.51 bits per heavy atom. The molecule has 0 aromatic carbocycles. The number of nitrogens with one attached hydrogen (secondary N) is 2. The number of fused-ring (bicyclic) bond motifs is 1. The minimum absolute atomic E-state index is 0.0211. The lowest BCUT2D eigenvalue weighted by molar-refractivity contribution is 0.0975. The first-order valence-corrected chi connectivity index (χ1v) is 14.8. The number of nitrogens with zero attached hydrogens (tertiary/aromatic N) is 5. The van der Waals surface area contributed by atoms with Crippen molar-refractivity contribution in [3.05, 3.63) is 5.82 Å². The third-order valence-electron chi connectivity index (χ3n) is 10.2. The number of carbonyl (C=O) groups excluding carboxylic acids is 1. The molecular weight excluding hydrogens is 496 g/mol. The van der Waals surface area contributed by atoms with Crippen LogP contribution < -0.4 is 16.0 Å². The van der Waals surface area contributed by atoms with E-state index in [1.54, 1.807) is 0 Å². The zero-order valence-corrected chi connectivity index (χ0v) is 22.9. The van der Waals surface area contributed by atoms with Crippen LogP contribution in [-0.2, 0) is 16.0 Å². The molecule has 2 aromatic heterocycles. The second-order valence-electron chi connectivity index (χ2n) is 12.8. The van der Waals surface area contributed by atoms with E-state index in [0.717, 1.165) is 37.4 Å². The molecule has 2 aromatic rings. The first-order chi connectivity index (χ1) is 18.8. The number of amides is 1. The zero-order chi connectivity index (χ0) is 26.8. The van der Waals surface area contributed by atoms with Crippen molar-refractivity contribution in [3.8, 4) is 0 Å². The molecule has 4 aliphatic carbocycles. The Kier molecular flexibility index (Phi) is 5.98. The van der Waals surface area contributed by atoms with Gasteiger partial charge >= 0.3 is 6.09 Å². The molecule has 4 N–H and O–H groups in total. The number of nitrogens with two attached hydrogens (primary N) is 1. The number of aromatic nitrogens is 4. The average Bonchev–Trinajstić information content (AvgIpc) is 3.78. The van der Waals surface area contributed by atoms with Gasteiger partial charge in [-0.3, -0.25) is 5.41 Å². The Morgan fingerprint density at radius 2 is 1.90 bits per heavy atom. The number of morpholine rings is 1. The summed E-state index contributed by atoms with van der Waals surface area (Å²) < 4.78 is 13.0. The number of ether oxygens (including phenoxy) is 2. The van der Waals surface area contributed by atoms with E-state index in [-0.39, 0.29) is 17.4 Å². The van der Waals surface area contributed by atoms with Crippen LogP contribution in [0.25, 0.3) is 11.2 Å². The van der Waals surface area contributed by atoms with Crippen LogP contribution in [0.3, 0.4) is 0 Å². The van der Waals surface area contributed by atoms with Gasteiger partial charge in [-0.25, -0.2) is 14.8 Å². The minimum Gasteiger partial charge on any atom is -0.388 e. The summed E-state index contributed by atoms with van der Waals surface area (Å²) in [6, 6.07) is 0.181. The van der Waals surface area contributed by atoms with Crippen LogP contribution in [0.15, 0.2) is 0 Å². The van der Waals surface area contributed by atoms with E-state index in [2.05, 4.69) is 26.7 Å². The molecule has 210 valence electrons. The molecule has 1 amide bonds. The Balaban J connectivity index is 1.32. The fourth-order valence-corrected chi connectivity index (χ4v) is 7.15. The highest BCUT2D eigenvalue weighted by atomic mass is 16.6. The third-order valence-corrected chi connectivity index (χ3v) is 10.2. The van der Waals surface area contributed by atoms with E-state index in [4.69, 9.17) is 30.6 Å². The van der Waals surface area contributed by atoms with Crippen LogP contribution in [-0.4, -0.2) is 62.8 Å². The molecule has 1 spiro atoms. The molecule has 0 radical (unpaired) electrons. The van der Waals surface area contributed by atoms with Crippen molar-refractivity contribution in [1.82, 2.24) is 19.5 Å². The van der Waals surface area contributed by atoms with Gasteiger partial charge in [-0.1, -0.05) is 6.42 Å². The molecule has 4 saturated carbocycles. The number of hydrogen-bond donors (Lipinski definition) is 3. The van der Waals surface area contributed by atoms with Gasteiger partial charge in [-0.05, 0) is 88.4 Å². The minimum atomic E-state index is -1.05. The second-order valence-corrected chi connectivity index (χ2v) is 12.8. The van der Waals surface area contributed by atoms with Crippen LogP contribution in [0.2, 0.25) is 0 Å². The summed E-state index contributed by atoms with van der Waals surface area (Å²) in [5.41, 5.74) is 7.30. The second kappa shape index (κ2) is 9.31. The van der Waals surface area contributed by atoms with Crippen LogP contribution in [0.1, 0.15) is 83.4 Å². The maximum absolute atomic E-state index is 11.4. The fourth-order valence-electron chi connectivity index (χ4n) is 7.15. The zero-order valence-electron chi connectivity index (χ0n) is 22.9. The van der Waals surface area contributed by atoms with Crippen molar-refractivity contribution in [2.75, 3.05) is 30.0 Å². The molecule has 39 heavy (non-hydrogen) atoms. The van der Waals surface area contributed by atoms with E-state index in [0.29, 0.717) is 41.9 Å². The van der Waals surface area contributed by atoms with Crippen molar-refractivity contribution >= 4 is 34.9 Å². The number of carbonyl (C=O) groups is 1. The Hall–Kier alpha value is -2.95. The van der Waals surface area contributed by atoms with Gasteiger partial charge < -0.3 is 30.0 Å². The topological polar surface area (TPSA) is 144 Å². The molecular formula is C28H40N8O3. The Morgan fingerprint density at radius 1 is 1.13 bits per heavy atom. The quantitative estimate of drug-likeness (QED) is 0.353. The van der Waals surface area contributed by atoms with Gasteiger partial charge in [0.25, 0.3) is 5.90 Å². The highest BCUT2D eigenvalue weighted by Gasteiger charge is 2.52. The molecule has 11 heteroatoms. The van der Waals surface area contributed by atoms with Crippen LogP contribution in [0, 0.1) is 22.7 Å². The SMILES string of the molecule is C[C@@H]1COCCN1c1nc2nc(C(=N)OC(N)=O)nc(NC3(C4CCC4)CC3)c2n1CC1CCC2(CC1)CC2. The van der Waals surface area contributed by atoms with Gasteiger partial charge in [-0.2, -0.15) is 4.98 Å². The Bertz CT molecular complexity index is 1290. The summed E-state index contributed by atoms with van der Waals surface area (Å²) >= 11 is 0. The monoisotopic (exact) mass is 536 g/mol. The molecule has 1 saturated heterocycles. The summed E-state index contributed by atoms with van der Waals surface area (Å²) in [5, 5.41) is 12.1. The highest BCUT2D eigenvalue weighted by molar-refractivity contribution is 5.98. The Labute approximate surface area is 228 Å². The lowest BCUT2D eigenvalue weighted by Crippen LogP contribution is -2.45. The summed E-state index contributed by atoms with van der Waals surface area (Å²) in [5.74, 6) is 2.35. The predicted molar refractivity (Wildman–Crippen MR) is 147 cm³/mol. The maximum atomic E-state index is 11.4. The predicted octanol–water partition coefficient (Wildman–Crippen LogP) is 4.19. The largest absolute Gasteiger partial charge is 0.411 e. The van der Waals surface area contributed by atoms with E-state index in [9.17, 15) is 4.79 Å². The van der Waals surface area contributed by atoms with Crippen molar-refractivity contribution in [2.45, 2.75) is 95.7 Å². The van der Waals surface area contributed by atoms with Crippen molar-refractivity contribution in [1.29, 1.82) is 5.41 Å². The highest BCUT2D eigenvalue weighted by Crippen LogP contribution is 2.57. The van der Waals surface area contributed by atoms with Gasteiger partial charge in [0.05, 0.1) is 19.3 Å². The fraction of sp³-hybridized carbons (Fsp3) is 0.750. The standard InChI is InChI=1S/C28H40N8O3/c1-17-16-38-14-13-35(17)26-33-22-20(36(26)15-18-5-7-27(8-6-18)9-10-27)23(32-24(31-22)21(29)39-25(30)37)34-28(11-12-28)19-3-2-4-19/h17-19,29H,2-16H2,1H3,(H2,30,37)(H,31,32,34)/t17-/m1/s1. The van der Waals surface area contributed by atoms with Crippen LogP contribution in [0.5, 0.6) is 0 Å². The number of hydrogen-bond acceptors (Lipinski definition) is 9. The van der Waals surface area contributed by atoms with E-state index >= 15 is 0 Å². The van der Waals surface area contributed by atoms with Crippen LogP contribution in [0.4, 0.5) is 16.6 Å². The van der Waals surface area contributed by atoms with E-state index < -0.39 is 12.0 Å². The molecule has 7 rings (SSSR count).